The molecule has 3 aromatic carbocycles. The van der Waals surface area contributed by atoms with Gasteiger partial charge in [-0.15, -0.1) is 0 Å². The van der Waals surface area contributed by atoms with E-state index in [-0.39, 0.29) is 11.8 Å². The Balaban J connectivity index is 2.01. The fourth-order valence-corrected chi connectivity index (χ4v) is 6.55. The summed E-state index contributed by atoms with van der Waals surface area (Å²) in [6.45, 7) is 22.5. The van der Waals surface area contributed by atoms with Crippen molar-refractivity contribution in [3.8, 4) is 5.75 Å². The van der Waals surface area contributed by atoms with E-state index in [4.69, 9.17) is 0 Å². The molecule has 0 spiro atoms. The fourth-order valence-electron chi connectivity index (χ4n) is 6.55. The Morgan fingerprint density at radius 1 is 0.550 bits per heavy atom. The number of hydrogen-bond donors (Lipinski definition) is 1. The van der Waals surface area contributed by atoms with E-state index in [1.165, 1.54) is 22.3 Å². The topological polar surface area (TPSA) is 26.7 Å². The quantitative estimate of drug-likeness (QED) is 0.220. The molecule has 0 amide bonds. The Morgan fingerprint density at radius 2 is 0.925 bits per heavy atom. The first kappa shape index (κ1) is 31.9. The molecule has 0 saturated carbocycles. The highest BCUT2D eigenvalue weighted by Crippen LogP contribution is 2.40. The van der Waals surface area contributed by atoms with Crippen LogP contribution in [-0.2, 0) is 0 Å². The third-order valence-corrected chi connectivity index (χ3v) is 8.58. The van der Waals surface area contributed by atoms with Gasteiger partial charge in [0.25, 0.3) is 0 Å². The molecule has 0 saturated heterocycles. The zero-order valence-corrected chi connectivity index (χ0v) is 26.6. The number of hydrogen-bond acceptors (Lipinski definition) is 3. The van der Waals surface area contributed by atoms with E-state index in [1.807, 2.05) is 0 Å². The fraction of sp³-hybridized carbons (Fsp3) is 0.514. The molecule has 0 aliphatic heterocycles. The number of rotatable bonds is 14. The maximum absolute atomic E-state index is 11.7. The summed E-state index contributed by atoms with van der Waals surface area (Å²) in [5.74, 6) is 0.788. The molecule has 0 heterocycles. The van der Waals surface area contributed by atoms with Crippen molar-refractivity contribution < 1.29 is 5.11 Å². The van der Waals surface area contributed by atoms with Crippen molar-refractivity contribution in [1.82, 2.24) is 9.80 Å². The van der Waals surface area contributed by atoms with E-state index >= 15 is 0 Å². The molecule has 0 aliphatic carbocycles. The van der Waals surface area contributed by atoms with Gasteiger partial charge in [0.1, 0.15) is 5.75 Å². The molecule has 3 rings (SSSR count). The third kappa shape index (κ3) is 8.21. The molecule has 2 atom stereocenters. The summed E-state index contributed by atoms with van der Waals surface area (Å²) in [6.07, 6.45) is 1.98. The third-order valence-electron chi connectivity index (χ3n) is 8.58. The van der Waals surface area contributed by atoms with Gasteiger partial charge in [0.2, 0.25) is 0 Å². The molecular weight excluding hydrogens is 488 g/mol. The highest BCUT2D eigenvalue weighted by Gasteiger charge is 2.25. The normalized spacial score (nSPS) is 13.8. The lowest BCUT2D eigenvalue weighted by molar-refractivity contribution is 0.170. The SMILES string of the molecule is Cc1cc(C(CCN(C(C)C)C(C)C)c2ccccc2)c(O)cc1C(CCN(C(C)C)C(C)C)c1ccccc1. The Bertz CT molecular complexity index is 1040. The number of nitrogens with zero attached hydrogens (tertiary/aromatic N) is 2. The van der Waals surface area contributed by atoms with Crippen molar-refractivity contribution in [3.63, 3.8) is 0 Å². The van der Waals surface area contributed by atoms with Gasteiger partial charge in [-0.1, -0.05) is 66.7 Å². The zero-order chi connectivity index (χ0) is 29.4. The van der Waals surface area contributed by atoms with Gasteiger partial charge in [-0.2, -0.15) is 0 Å². The second-order valence-corrected chi connectivity index (χ2v) is 12.6. The molecule has 40 heavy (non-hydrogen) atoms. The number of aromatic hydroxyl groups is 1. The standard InChI is InChI=1S/C37H54N2O/c1-26(2)38(27(3)4)22-20-33(31-16-12-10-13-17-31)35-25-37(40)36(24-30(35)9)34(32-18-14-11-15-19-32)21-23-39(28(5)6)29(7)8/h10-19,24-29,33-34,40H,20-23H2,1-9H3. The molecule has 3 nitrogen and oxygen atoms in total. The van der Waals surface area contributed by atoms with E-state index < -0.39 is 0 Å². The van der Waals surface area contributed by atoms with Crippen LogP contribution in [0.1, 0.15) is 108 Å². The molecule has 0 aromatic heterocycles. The Morgan fingerprint density at radius 3 is 1.30 bits per heavy atom. The first-order valence-corrected chi connectivity index (χ1v) is 15.5. The molecule has 3 heteroatoms. The monoisotopic (exact) mass is 542 g/mol. The van der Waals surface area contributed by atoms with Crippen LogP contribution in [0.15, 0.2) is 72.8 Å². The molecule has 3 aromatic rings. The Labute approximate surface area is 245 Å². The van der Waals surface area contributed by atoms with Crippen LogP contribution >= 0.6 is 0 Å². The van der Waals surface area contributed by atoms with Crippen LogP contribution in [0.4, 0.5) is 0 Å². The van der Waals surface area contributed by atoms with E-state index in [0.29, 0.717) is 29.9 Å². The van der Waals surface area contributed by atoms with Crippen molar-refractivity contribution in [3.05, 3.63) is 101 Å². The van der Waals surface area contributed by atoms with E-state index in [2.05, 4.69) is 145 Å². The maximum atomic E-state index is 11.7. The summed E-state index contributed by atoms with van der Waals surface area (Å²) in [7, 11) is 0. The Kier molecular flexibility index (Phi) is 11.8. The predicted octanol–water partition coefficient (Wildman–Crippen LogP) is 8.98. The van der Waals surface area contributed by atoms with Crippen LogP contribution < -0.4 is 0 Å². The van der Waals surface area contributed by atoms with Crippen molar-refractivity contribution in [1.29, 1.82) is 0 Å². The van der Waals surface area contributed by atoms with Crippen LogP contribution in [0, 0.1) is 6.92 Å². The minimum atomic E-state index is 0.140. The number of benzene rings is 3. The van der Waals surface area contributed by atoms with E-state index in [9.17, 15) is 5.11 Å². The van der Waals surface area contributed by atoms with Crippen LogP contribution in [0.5, 0.6) is 5.75 Å². The Hall–Kier alpha value is -2.62. The van der Waals surface area contributed by atoms with Crippen molar-refractivity contribution in [2.45, 2.75) is 111 Å². The van der Waals surface area contributed by atoms with Gasteiger partial charge in [-0.25, -0.2) is 0 Å². The average Bonchev–Trinajstić information content (AvgIpc) is 2.91. The van der Waals surface area contributed by atoms with Crippen LogP contribution in [0.3, 0.4) is 0 Å². The molecule has 2 unspecified atom stereocenters. The van der Waals surface area contributed by atoms with Gasteiger partial charge in [-0.3, -0.25) is 9.80 Å². The highest BCUT2D eigenvalue weighted by molar-refractivity contribution is 5.50. The molecular formula is C37H54N2O. The van der Waals surface area contributed by atoms with E-state index in [0.717, 1.165) is 31.5 Å². The maximum Gasteiger partial charge on any atom is 0.119 e. The summed E-state index contributed by atoms with van der Waals surface area (Å²) in [5.41, 5.74) is 6.11. The van der Waals surface area contributed by atoms with Crippen molar-refractivity contribution in [2.75, 3.05) is 13.1 Å². The summed E-state index contributed by atoms with van der Waals surface area (Å²) >= 11 is 0. The summed E-state index contributed by atoms with van der Waals surface area (Å²) in [5, 5.41) is 11.7. The van der Waals surface area contributed by atoms with Gasteiger partial charge in [0.05, 0.1) is 0 Å². The molecule has 0 fully saturated rings. The molecule has 0 bridgehead atoms. The summed E-state index contributed by atoms with van der Waals surface area (Å²) < 4.78 is 0. The lowest BCUT2D eigenvalue weighted by atomic mass is 9.81. The number of phenols is 1. The smallest absolute Gasteiger partial charge is 0.119 e. The molecule has 218 valence electrons. The van der Waals surface area contributed by atoms with Gasteiger partial charge >= 0.3 is 0 Å². The van der Waals surface area contributed by atoms with Crippen LogP contribution in [0.25, 0.3) is 0 Å². The van der Waals surface area contributed by atoms with Crippen molar-refractivity contribution in [2.24, 2.45) is 0 Å². The summed E-state index contributed by atoms with van der Waals surface area (Å²) in [6, 6.07) is 27.9. The van der Waals surface area contributed by atoms with Crippen molar-refractivity contribution >= 4 is 0 Å². The summed E-state index contributed by atoms with van der Waals surface area (Å²) in [4.78, 5) is 5.12. The lowest BCUT2D eigenvalue weighted by Gasteiger charge is -2.33. The second kappa shape index (κ2) is 14.8. The predicted molar refractivity (Wildman–Crippen MR) is 173 cm³/mol. The van der Waals surface area contributed by atoms with E-state index in [1.54, 1.807) is 0 Å². The molecule has 0 aliphatic rings. The first-order valence-electron chi connectivity index (χ1n) is 15.5. The number of aryl methyl sites for hydroxylation is 1. The highest BCUT2D eigenvalue weighted by atomic mass is 16.3. The zero-order valence-electron chi connectivity index (χ0n) is 26.6. The van der Waals surface area contributed by atoms with Gasteiger partial charge in [-0.05, 0) is 117 Å². The van der Waals surface area contributed by atoms with Gasteiger partial charge in [0.15, 0.2) is 0 Å². The second-order valence-electron chi connectivity index (χ2n) is 12.6. The van der Waals surface area contributed by atoms with Gasteiger partial charge in [0, 0.05) is 41.6 Å². The van der Waals surface area contributed by atoms with Crippen LogP contribution in [0.2, 0.25) is 0 Å². The number of phenolic OH excluding ortho intramolecular Hbond substituents is 1. The first-order chi connectivity index (χ1) is 19.0. The largest absolute Gasteiger partial charge is 0.508 e. The van der Waals surface area contributed by atoms with Gasteiger partial charge < -0.3 is 5.11 Å². The average molecular weight is 543 g/mol. The van der Waals surface area contributed by atoms with Crippen LogP contribution in [-0.4, -0.2) is 52.2 Å². The molecule has 1 N–H and O–H groups in total. The lowest BCUT2D eigenvalue weighted by Crippen LogP contribution is -2.38. The minimum Gasteiger partial charge on any atom is -0.508 e. The minimum absolute atomic E-state index is 0.140. The molecule has 0 radical (unpaired) electrons.